The second kappa shape index (κ2) is 9.07. The second-order valence-corrected chi connectivity index (χ2v) is 8.57. The number of aliphatic hydroxyl groups excluding tert-OH is 2. The number of nitrogens with zero attached hydrogens (tertiary/aromatic N) is 2. The van der Waals surface area contributed by atoms with Crippen molar-refractivity contribution in [1.29, 1.82) is 0 Å². The quantitative estimate of drug-likeness (QED) is 0.218. The molecule has 160 valence electrons. The molecule has 1 aromatic rings. The summed E-state index contributed by atoms with van der Waals surface area (Å²) < 4.78 is 42.2. The molecule has 28 heavy (non-hydrogen) atoms. The zero-order chi connectivity index (χ0) is 21.1. The van der Waals surface area contributed by atoms with E-state index in [1.807, 2.05) is 0 Å². The van der Waals surface area contributed by atoms with Gasteiger partial charge in [0.05, 0.1) is 13.2 Å². The number of aromatic nitrogens is 2. The highest BCUT2D eigenvalue weighted by Crippen LogP contribution is 2.60. The minimum Gasteiger partial charge on any atom is -0.387 e. The number of nitrogens with two attached hydrogens (primary N) is 2. The fraction of sp³-hybridized carbons (Fsp3) is 0.636. The van der Waals surface area contributed by atoms with Crippen molar-refractivity contribution >= 4 is 21.5 Å². The van der Waals surface area contributed by atoms with Crippen LogP contribution < -0.4 is 17.2 Å². The fourth-order valence-electron chi connectivity index (χ4n) is 2.23. The van der Waals surface area contributed by atoms with Crippen LogP contribution in [0.5, 0.6) is 0 Å². The summed E-state index contributed by atoms with van der Waals surface area (Å²) in [6.07, 6.45) is -4.86. The summed E-state index contributed by atoms with van der Waals surface area (Å²) in [6, 6.07) is 1.25. The van der Waals surface area contributed by atoms with E-state index < -0.39 is 59.1 Å². The van der Waals surface area contributed by atoms with Crippen LogP contribution in [0.15, 0.2) is 17.1 Å². The highest BCUT2D eigenvalue weighted by atomic mass is 31.3. The van der Waals surface area contributed by atoms with E-state index in [2.05, 4.69) is 18.3 Å². The molecule has 0 saturated carbocycles. The number of nitrogen functional groups attached to an aromatic ring is 1. The molecule has 17 heteroatoms. The van der Waals surface area contributed by atoms with Crippen molar-refractivity contribution in [2.45, 2.75) is 24.5 Å². The normalized spacial score (nSPS) is 29.3. The van der Waals surface area contributed by atoms with Crippen LogP contribution in [0, 0.1) is 0 Å². The lowest BCUT2D eigenvalue weighted by atomic mass is 10.1. The average Bonchev–Trinajstić information content (AvgIpc) is 2.86. The van der Waals surface area contributed by atoms with Gasteiger partial charge in [-0.2, -0.15) is 9.29 Å². The predicted molar refractivity (Wildman–Crippen MR) is 90.5 cm³/mol. The molecule has 2 rings (SSSR count). The first-order valence-corrected chi connectivity index (χ1v) is 10.7. The smallest absolute Gasteiger partial charge is 0.387 e. The van der Waals surface area contributed by atoms with Gasteiger partial charge < -0.3 is 36.2 Å². The third-order valence-corrected chi connectivity index (χ3v) is 6.08. The number of hydrogen-bond donors (Lipinski definition) is 6. The first-order valence-electron chi connectivity index (χ1n) is 7.68. The van der Waals surface area contributed by atoms with Crippen LogP contribution in [0.3, 0.4) is 0 Å². The zero-order valence-corrected chi connectivity index (χ0v) is 16.0. The van der Waals surface area contributed by atoms with Crippen molar-refractivity contribution < 1.29 is 47.2 Å². The summed E-state index contributed by atoms with van der Waals surface area (Å²) in [6.45, 7) is -1.40. The molecule has 3 unspecified atom stereocenters. The van der Waals surface area contributed by atoms with Crippen molar-refractivity contribution in [3.8, 4) is 0 Å². The van der Waals surface area contributed by atoms with Crippen LogP contribution in [-0.2, 0) is 27.2 Å². The summed E-state index contributed by atoms with van der Waals surface area (Å²) >= 11 is 0. The highest BCUT2D eigenvalue weighted by molar-refractivity contribution is 7.61. The molecule has 1 fully saturated rings. The third-order valence-electron chi connectivity index (χ3n) is 3.44. The molecule has 1 aliphatic heterocycles. The van der Waals surface area contributed by atoms with Gasteiger partial charge >= 0.3 is 21.3 Å². The molecule has 0 amide bonds. The largest absolute Gasteiger partial charge is 0.481 e. The number of aliphatic hydroxyl groups is 2. The molecule has 6 atom stereocenters. The second-order valence-electron chi connectivity index (χ2n) is 5.52. The van der Waals surface area contributed by atoms with E-state index in [-0.39, 0.29) is 12.4 Å². The first kappa shape index (κ1) is 23.1. The molecular weight excluding hydrogens is 426 g/mol. The van der Waals surface area contributed by atoms with Crippen molar-refractivity contribution in [3.63, 3.8) is 0 Å². The van der Waals surface area contributed by atoms with Gasteiger partial charge in [0, 0.05) is 12.7 Å². The lowest BCUT2D eigenvalue weighted by Gasteiger charge is -2.19. The average molecular weight is 446 g/mol. The van der Waals surface area contributed by atoms with E-state index in [0.717, 1.165) is 4.57 Å². The molecule has 0 bridgehead atoms. The molecule has 8 N–H and O–H groups in total. The summed E-state index contributed by atoms with van der Waals surface area (Å²) in [7, 11) is -10.0. The Morgan fingerprint density at radius 1 is 1.21 bits per heavy atom. The van der Waals surface area contributed by atoms with Gasteiger partial charge in [0.25, 0.3) is 0 Å². The van der Waals surface area contributed by atoms with E-state index in [4.69, 9.17) is 16.2 Å². The standard InChI is InChI=1S/C11H20N4O11P2/c12-2-4-23-27(19,20)26-28(21,22)24-5-6-8(16)9(17)10(25-6)15-3-1-7(13)14-11(15)18/h1,3,6,8-10,16-17H,2,4-5,12H2,(H,19,20)(H,21,22)(H2,13,14,18)/t6-,8?,9+,10-/m1/s1. The highest BCUT2D eigenvalue weighted by Gasteiger charge is 2.46. The molecule has 0 spiro atoms. The van der Waals surface area contributed by atoms with Crippen LogP contribution in [0.4, 0.5) is 5.82 Å². The minimum absolute atomic E-state index is 0.0715. The van der Waals surface area contributed by atoms with E-state index in [1.165, 1.54) is 12.3 Å². The minimum atomic E-state index is -5.11. The van der Waals surface area contributed by atoms with Gasteiger partial charge in [0.15, 0.2) is 6.23 Å². The molecule has 2 heterocycles. The summed E-state index contributed by atoms with van der Waals surface area (Å²) in [5, 5.41) is 20.1. The van der Waals surface area contributed by atoms with Crippen LogP contribution in [0.2, 0.25) is 0 Å². The Balaban J connectivity index is 2.02. The summed E-state index contributed by atoms with van der Waals surface area (Å²) in [5.41, 5.74) is 9.56. The Bertz CT molecular complexity index is 835. The molecule has 15 nitrogen and oxygen atoms in total. The fourth-order valence-corrected chi connectivity index (χ4v) is 4.32. The van der Waals surface area contributed by atoms with Crippen LogP contribution in [0.1, 0.15) is 6.23 Å². The predicted octanol–water partition coefficient (Wildman–Crippen LogP) is -2.35. The maximum Gasteiger partial charge on any atom is 0.481 e. The number of phosphoric acid groups is 2. The molecule has 1 aliphatic rings. The van der Waals surface area contributed by atoms with Crippen molar-refractivity contribution in [2.24, 2.45) is 5.73 Å². The lowest BCUT2D eigenvalue weighted by molar-refractivity contribution is -0.0542. The topological polar surface area (TPSA) is 239 Å². The zero-order valence-electron chi connectivity index (χ0n) is 14.2. The maximum absolute atomic E-state index is 11.8. The third kappa shape index (κ3) is 5.89. The SMILES string of the molecule is NCCOP(=O)(O)OP(=O)(O)OC[C@H]1O[C@@H](n2ccc(N)nc2=O)[C@@H](O)C1O. The number of phosphoric ester groups is 2. The van der Waals surface area contributed by atoms with Gasteiger partial charge in [-0.15, -0.1) is 0 Å². The Labute approximate surface area is 157 Å². The Kier molecular flexibility index (Phi) is 7.47. The van der Waals surface area contributed by atoms with Gasteiger partial charge in [0.1, 0.15) is 24.1 Å². The number of rotatable bonds is 9. The monoisotopic (exact) mass is 446 g/mol. The molecule has 0 aliphatic carbocycles. The van der Waals surface area contributed by atoms with Crippen LogP contribution >= 0.6 is 15.6 Å². The van der Waals surface area contributed by atoms with Crippen molar-refractivity contribution in [3.05, 3.63) is 22.7 Å². The van der Waals surface area contributed by atoms with Gasteiger partial charge in [0.2, 0.25) is 0 Å². The van der Waals surface area contributed by atoms with Crippen molar-refractivity contribution in [1.82, 2.24) is 9.55 Å². The summed E-state index contributed by atoms with van der Waals surface area (Å²) in [4.78, 5) is 34.1. The van der Waals surface area contributed by atoms with E-state index in [1.54, 1.807) is 0 Å². The molecule has 0 radical (unpaired) electrons. The van der Waals surface area contributed by atoms with E-state index in [0.29, 0.717) is 0 Å². The van der Waals surface area contributed by atoms with Crippen LogP contribution in [-0.4, -0.2) is 67.6 Å². The van der Waals surface area contributed by atoms with E-state index >= 15 is 0 Å². The molecule has 1 aromatic heterocycles. The van der Waals surface area contributed by atoms with Crippen molar-refractivity contribution in [2.75, 3.05) is 25.5 Å². The number of hydrogen-bond acceptors (Lipinski definition) is 12. The molecular formula is C11H20N4O11P2. The Morgan fingerprint density at radius 2 is 1.86 bits per heavy atom. The molecule has 1 saturated heterocycles. The summed E-state index contributed by atoms with van der Waals surface area (Å²) in [5.74, 6) is -0.0715. The van der Waals surface area contributed by atoms with Gasteiger partial charge in [-0.1, -0.05) is 0 Å². The van der Waals surface area contributed by atoms with Gasteiger partial charge in [-0.25, -0.2) is 13.9 Å². The Hall–Kier alpha value is -1.22. The molecule has 0 aromatic carbocycles. The maximum atomic E-state index is 11.8. The lowest BCUT2D eigenvalue weighted by Crippen LogP contribution is -2.36. The van der Waals surface area contributed by atoms with E-state index in [9.17, 15) is 33.9 Å². The van der Waals surface area contributed by atoms with Gasteiger partial charge in [-0.3, -0.25) is 13.6 Å². The first-order chi connectivity index (χ1) is 13.0. The number of ether oxygens (including phenoxy) is 1. The van der Waals surface area contributed by atoms with Crippen LogP contribution in [0.25, 0.3) is 0 Å². The Morgan fingerprint density at radius 3 is 2.46 bits per heavy atom. The van der Waals surface area contributed by atoms with Gasteiger partial charge in [-0.05, 0) is 6.07 Å². The number of anilines is 1.